The van der Waals surface area contributed by atoms with Gasteiger partial charge < -0.3 is 14.7 Å². The van der Waals surface area contributed by atoms with Crippen LogP contribution < -0.4 is 5.32 Å². The molecule has 0 spiro atoms. The van der Waals surface area contributed by atoms with Crippen LogP contribution in [0.3, 0.4) is 0 Å². The lowest BCUT2D eigenvalue weighted by molar-refractivity contribution is -0.159. The third kappa shape index (κ3) is 5.06. The first kappa shape index (κ1) is 19.3. The van der Waals surface area contributed by atoms with Crippen LogP contribution in [0.2, 0.25) is 0 Å². The Hall–Kier alpha value is -2.42. The number of halogens is 3. The van der Waals surface area contributed by atoms with Crippen LogP contribution in [0.25, 0.3) is 11.4 Å². The molecule has 2 aromatic rings. The van der Waals surface area contributed by atoms with Crippen LogP contribution in [-0.4, -0.2) is 46.6 Å². The highest BCUT2D eigenvalue weighted by Crippen LogP contribution is 2.29. The van der Waals surface area contributed by atoms with Crippen molar-refractivity contribution in [2.45, 2.75) is 38.4 Å². The van der Waals surface area contributed by atoms with Crippen molar-refractivity contribution in [2.75, 3.05) is 19.6 Å². The number of aromatic nitrogens is 2. The summed E-state index contributed by atoms with van der Waals surface area (Å²) in [5, 5.41) is 6.28. The van der Waals surface area contributed by atoms with E-state index in [4.69, 9.17) is 0 Å². The van der Waals surface area contributed by atoms with Crippen LogP contribution in [0, 0.1) is 0 Å². The van der Waals surface area contributed by atoms with Gasteiger partial charge in [-0.25, -0.2) is 0 Å². The molecule has 1 atom stereocenters. The maximum absolute atomic E-state index is 12.5. The molecule has 0 saturated carbocycles. The quantitative estimate of drug-likeness (QED) is 0.859. The Morgan fingerprint density at radius 3 is 2.48 bits per heavy atom. The summed E-state index contributed by atoms with van der Waals surface area (Å²) in [7, 11) is 0. The van der Waals surface area contributed by atoms with Crippen molar-refractivity contribution in [1.82, 2.24) is 20.4 Å². The van der Waals surface area contributed by atoms with Crippen molar-refractivity contribution in [3.05, 3.63) is 35.7 Å². The van der Waals surface area contributed by atoms with Crippen molar-refractivity contribution < 1.29 is 22.5 Å². The minimum atomic E-state index is -4.68. The molecule has 1 aliphatic heterocycles. The molecule has 3 rings (SSSR count). The lowest BCUT2D eigenvalue weighted by Crippen LogP contribution is -2.43. The molecule has 1 aliphatic rings. The highest BCUT2D eigenvalue weighted by Gasteiger charge is 2.38. The van der Waals surface area contributed by atoms with Crippen molar-refractivity contribution in [1.29, 1.82) is 0 Å². The molecule has 1 saturated heterocycles. The Labute approximate surface area is 154 Å². The van der Waals surface area contributed by atoms with E-state index in [2.05, 4.69) is 24.9 Å². The highest BCUT2D eigenvalue weighted by atomic mass is 19.4. The van der Waals surface area contributed by atoms with Crippen LogP contribution >= 0.6 is 0 Å². The van der Waals surface area contributed by atoms with Gasteiger partial charge in [-0.2, -0.15) is 18.2 Å². The van der Waals surface area contributed by atoms with Crippen molar-refractivity contribution in [3.8, 4) is 11.4 Å². The van der Waals surface area contributed by atoms with Crippen molar-refractivity contribution in [2.24, 2.45) is 0 Å². The number of likely N-dealkylation sites (tertiary alicyclic amines) is 1. The number of hydrogen-bond acceptors (Lipinski definition) is 5. The molecule has 1 amide bonds. The van der Waals surface area contributed by atoms with E-state index >= 15 is 0 Å². The summed E-state index contributed by atoms with van der Waals surface area (Å²) in [5.74, 6) is -1.80. The molecule has 6 nitrogen and oxygen atoms in total. The summed E-state index contributed by atoms with van der Waals surface area (Å²) < 4.78 is 41.8. The number of alkyl halides is 3. The first-order valence-electron chi connectivity index (χ1n) is 8.87. The molecule has 1 unspecified atom stereocenters. The standard InChI is InChI=1S/C18H21F3N4O2/c1-12(11-25-9-3-2-4-10-25)22-16(26)14-7-5-13(6-8-14)15-23-17(27-24-15)18(19,20)21/h5-8,12H,2-4,9-11H2,1H3,(H,22,26). The molecule has 9 heteroatoms. The molecular formula is C18H21F3N4O2. The van der Waals surface area contributed by atoms with Crippen molar-refractivity contribution in [3.63, 3.8) is 0 Å². The summed E-state index contributed by atoms with van der Waals surface area (Å²) in [6.07, 6.45) is -1.05. The van der Waals surface area contributed by atoms with Gasteiger partial charge in [0.15, 0.2) is 0 Å². The van der Waals surface area contributed by atoms with Gasteiger partial charge in [0.1, 0.15) is 0 Å². The van der Waals surface area contributed by atoms with E-state index in [0.29, 0.717) is 11.1 Å². The molecule has 1 aromatic heterocycles. The van der Waals surface area contributed by atoms with Gasteiger partial charge in [0.05, 0.1) is 0 Å². The topological polar surface area (TPSA) is 71.3 Å². The lowest BCUT2D eigenvalue weighted by Gasteiger charge is -2.29. The largest absolute Gasteiger partial charge is 0.471 e. The third-order valence-electron chi connectivity index (χ3n) is 4.43. The second-order valence-electron chi connectivity index (χ2n) is 6.73. The Kier molecular flexibility index (Phi) is 5.79. The number of hydrogen-bond donors (Lipinski definition) is 1. The number of carbonyl (C=O) groups excluding carboxylic acids is 1. The average Bonchev–Trinajstić information content (AvgIpc) is 3.13. The normalized spacial score (nSPS) is 16.9. The first-order valence-corrected chi connectivity index (χ1v) is 8.87. The van der Waals surface area contributed by atoms with E-state index in [9.17, 15) is 18.0 Å². The number of benzene rings is 1. The van der Waals surface area contributed by atoms with Gasteiger partial charge in [-0.15, -0.1) is 0 Å². The second-order valence-corrected chi connectivity index (χ2v) is 6.73. The maximum Gasteiger partial charge on any atom is 0.471 e. The summed E-state index contributed by atoms with van der Waals surface area (Å²) in [6.45, 7) is 4.87. The van der Waals surface area contributed by atoms with Gasteiger partial charge >= 0.3 is 12.1 Å². The summed E-state index contributed by atoms with van der Waals surface area (Å²) in [5.41, 5.74) is 0.760. The van der Waals surface area contributed by atoms with Gasteiger partial charge in [-0.1, -0.05) is 23.7 Å². The zero-order valence-corrected chi connectivity index (χ0v) is 14.9. The number of nitrogens with zero attached hydrogens (tertiary/aromatic N) is 3. The molecule has 1 N–H and O–H groups in total. The molecule has 0 aliphatic carbocycles. The highest BCUT2D eigenvalue weighted by molar-refractivity contribution is 5.94. The van der Waals surface area contributed by atoms with E-state index in [1.54, 1.807) is 0 Å². The molecule has 27 heavy (non-hydrogen) atoms. The molecule has 1 fully saturated rings. The van der Waals surface area contributed by atoms with Crippen LogP contribution in [0.4, 0.5) is 13.2 Å². The zero-order valence-electron chi connectivity index (χ0n) is 14.9. The fourth-order valence-electron chi connectivity index (χ4n) is 3.11. The Morgan fingerprint density at radius 2 is 1.89 bits per heavy atom. The monoisotopic (exact) mass is 382 g/mol. The molecule has 146 valence electrons. The minimum Gasteiger partial charge on any atom is -0.348 e. The zero-order chi connectivity index (χ0) is 19.4. The molecule has 2 heterocycles. The van der Waals surface area contributed by atoms with E-state index in [0.717, 1.165) is 19.6 Å². The number of nitrogens with one attached hydrogen (secondary N) is 1. The Balaban J connectivity index is 1.59. The van der Waals surface area contributed by atoms with Gasteiger partial charge in [0.25, 0.3) is 5.91 Å². The fourth-order valence-corrected chi connectivity index (χ4v) is 3.11. The molecule has 0 radical (unpaired) electrons. The van der Waals surface area contributed by atoms with Crippen LogP contribution in [0.1, 0.15) is 42.4 Å². The van der Waals surface area contributed by atoms with E-state index < -0.39 is 12.1 Å². The average molecular weight is 382 g/mol. The summed E-state index contributed by atoms with van der Waals surface area (Å²) in [4.78, 5) is 18.0. The van der Waals surface area contributed by atoms with Gasteiger partial charge in [0.2, 0.25) is 5.82 Å². The summed E-state index contributed by atoms with van der Waals surface area (Å²) in [6, 6.07) is 6.05. The van der Waals surface area contributed by atoms with E-state index in [-0.39, 0.29) is 17.8 Å². The van der Waals surface area contributed by atoms with E-state index in [1.807, 2.05) is 6.92 Å². The van der Waals surface area contributed by atoms with Gasteiger partial charge in [-0.3, -0.25) is 4.79 Å². The minimum absolute atomic E-state index is 0.00169. The van der Waals surface area contributed by atoms with Crippen molar-refractivity contribution >= 4 is 5.91 Å². The number of carbonyl (C=O) groups is 1. The van der Waals surface area contributed by atoms with Gasteiger partial charge in [0, 0.05) is 23.7 Å². The second kappa shape index (κ2) is 8.08. The first-order chi connectivity index (χ1) is 12.8. The predicted molar refractivity (Wildman–Crippen MR) is 92.0 cm³/mol. The van der Waals surface area contributed by atoms with Crippen LogP contribution in [0.15, 0.2) is 28.8 Å². The fraction of sp³-hybridized carbons (Fsp3) is 0.500. The molecule has 0 bridgehead atoms. The maximum atomic E-state index is 12.5. The number of piperidine rings is 1. The lowest BCUT2D eigenvalue weighted by atomic mass is 10.1. The summed E-state index contributed by atoms with van der Waals surface area (Å²) >= 11 is 0. The smallest absolute Gasteiger partial charge is 0.348 e. The predicted octanol–water partition coefficient (Wildman–Crippen LogP) is 3.36. The number of rotatable bonds is 5. The van der Waals surface area contributed by atoms with E-state index in [1.165, 1.54) is 43.5 Å². The Morgan fingerprint density at radius 1 is 1.22 bits per heavy atom. The SMILES string of the molecule is CC(CN1CCCCC1)NC(=O)c1ccc(-c2noc(C(F)(F)F)n2)cc1. The van der Waals surface area contributed by atoms with Crippen LogP contribution in [-0.2, 0) is 6.18 Å². The molecular weight excluding hydrogens is 361 g/mol. The number of amides is 1. The molecule has 1 aromatic carbocycles. The van der Waals surface area contributed by atoms with Crippen LogP contribution in [0.5, 0.6) is 0 Å². The third-order valence-corrected chi connectivity index (χ3v) is 4.43. The van der Waals surface area contributed by atoms with Gasteiger partial charge in [-0.05, 0) is 45.0 Å². The Bertz CT molecular complexity index is 768.